The van der Waals surface area contributed by atoms with Crippen LogP contribution in [0.15, 0.2) is 0 Å². The van der Waals surface area contributed by atoms with Crippen molar-refractivity contribution in [3.8, 4) is 0 Å². The molecule has 104 valence electrons. The lowest BCUT2D eigenvalue weighted by Crippen LogP contribution is -2.52. The molecule has 2 saturated carbocycles. The summed E-state index contributed by atoms with van der Waals surface area (Å²) >= 11 is 0. The zero-order chi connectivity index (χ0) is 13.1. The van der Waals surface area contributed by atoms with Crippen molar-refractivity contribution in [3.63, 3.8) is 0 Å². The minimum absolute atomic E-state index is 0.0587. The van der Waals surface area contributed by atoms with E-state index in [1.807, 2.05) is 11.9 Å². The van der Waals surface area contributed by atoms with E-state index >= 15 is 0 Å². The molecule has 0 bridgehead atoms. The van der Waals surface area contributed by atoms with Crippen LogP contribution in [0.25, 0.3) is 0 Å². The number of carbonyl (C=O) groups is 1. The molecule has 4 heteroatoms. The van der Waals surface area contributed by atoms with Crippen molar-refractivity contribution >= 4 is 6.03 Å². The molecule has 0 radical (unpaired) electrons. The Balaban J connectivity index is 1.84. The first-order valence-corrected chi connectivity index (χ1v) is 7.19. The fourth-order valence-corrected chi connectivity index (χ4v) is 2.88. The van der Waals surface area contributed by atoms with E-state index in [9.17, 15) is 4.79 Å². The average molecular weight is 254 g/mol. The normalized spacial score (nSPS) is 29.7. The minimum atomic E-state index is 0.0587. The van der Waals surface area contributed by atoms with Crippen LogP contribution in [0.5, 0.6) is 0 Å². The van der Waals surface area contributed by atoms with E-state index in [1.165, 1.54) is 25.7 Å². The van der Waals surface area contributed by atoms with Crippen LogP contribution in [0.2, 0.25) is 0 Å². The molecule has 2 rings (SSSR count). The van der Waals surface area contributed by atoms with Gasteiger partial charge < -0.3 is 15.0 Å². The number of hydrogen-bond donors (Lipinski definition) is 1. The minimum Gasteiger partial charge on any atom is -0.379 e. The predicted molar refractivity (Wildman–Crippen MR) is 71.5 cm³/mol. The van der Waals surface area contributed by atoms with Gasteiger partial charge in [0.15, 0.2) is 0 Å². The lowest BCUT2D eigenvalue weighted by molar-refractivity contribution is 0.0427. The molecule has 2 amide bonds. The molecule has 1 N–H and O–H groups in total. The maximum Gasteiger partial charge on any atom is 0.317 e. The van der Waals surface area contributed by atoms with Crippen LogP contribution >= 0.6 is 0 Å². The fourth-order valence-electron chi connectivity index (χ4n) is 2.88. The van der Waals surface area contributed by atoms with E-state index in [0.29, 0.717) is 12.0 Å². The van der Waals surface area contributed by atoms with Crippen LogP contribution in [-0.4, -0.2) is 43.3 Å². The second-order valence-electron chi connectivity index (χ2n) is 5.80. The third kappa shape index (κ3) is 3.16. The molecule has 18 heavy (non-hydrogen) atoms. The van der Waals surface area contributed by atoms with Crippen LogP contribution < -0.4 is 5.32 Å². The number of rotatable bonds is 4. The number of ether oxygens (including phenoxy) is 1. The lowest BCUT2D eigenvalue weighted by atomic mass is 9.92. The predicted octanol–water partition coefficient (Wildman–Crippen LogP) is 2.38. The zero-order valence-corrected chi connectivity index (χ0v) is 11.8. The van der Waals surface area contributed by atoms with Crippen LogP contribution in [0.4, 0.5) is 4.79 Å². The molecule has 0 aliphatic heterocycles. The van der Waals surface area contributed by atoms with Crippen molar-refractivity contribution in [3.05, 3.63) is 0 Å². The van der Waals surface area contributed by atoms with Crippen molar-refractivity contribution in [2.75, 3.05) is 14.2 Å². The van der Waals surface area contributed by atoms with Crippen molar-refractivity contribution in [2.24, 2.45) is 5.92 Å². The van der Waals surface area contributed by atoms with Gasteiger partial charge in [-0.1, -0.05) is 12.8 Å². The van der Waals surface area contributed by atoms with Gasteiger partial charge in [0.05, 0.1) is 12.1 Å². The highest BCUT2D eigenvalue weighted by atomic mass is 16.5. The summed E-state index contributed by atoms with van der Waals surface area (Å²) in [5.74, 6) is 0.713. The van der Waals surface area contributed by atoms with E-state index in [0.717, 1.165) is 12.8 Å². The Kier molecular flexibility index (Phi) is 4.49. The quantitative estimate of drug-likeness (QED) is 0.837. The van der Waals surface area contributed by atoms with Crippen LogP contribution in [-0.2, 0) is 4.74 Å². The van der Waals surface area contributed by atoms with Gasteiger partial charge in [-0.15, -0.1) is 0 Å². The Morgan fingerprint density at radius 3 is 2.56 bits per heavy atom. The Hall–Kier alpha value is -0.770. The third-order valence-electron chi connectivity index (χ3n) is 4.55. The summed E-state index contributed by atoms with van der Waals surface area (Å²) in [6, 6.07) is 0.600. The molecule has 0 aromatic heterocycles. The van der Waals surface area contributed by atoms with Gasteiger partial charge in [-0.05, 0) is 38.5 Å². The molecule has 4 nitrogen and oxygen atoms in total. The highest BCUT2D eigenvalue weighted by Gasteiger charge is 2.34. The number of amides is 2. The van der Waals surface area contributed by atoms with Gasteiger partial charge in [-0.2, -0.15) is 0 Å². The summed E-state index contributed by atoms with van der Waals surface area (Å²) in [4.78, 5) is 14.1. The maximum atomic E-state index is 12.2. The monoisotopic (exact) mass is 254 g/mol. The van der Waals surface area contributed by atoms with E-state index in [2.05, 4.69) is 12.2 Å². The molecule has 0 aromatic carbocycles. The Labute approximate surface area is 110 Å². The summed E-state index contributed by atoms with van der Waals surface area (Å²) in [7, 11) is 3.65. The number of urea groups is 1. The Morgan fingerprint density at radius 2 is 1.94 bits per heavy atom. The summed E-state index contributed by atoms with van der Waals surface area (Å²) < 4.78 is 5.47. The molecular formula is C14H26N2O2. The smallest absolute Gasteiger partial charge is 0.317 e. The highest BCUT2D eigenvalue weighted by Crippen LogP contribution is 2.34. The molecule has 3 atom stereocenters. The molecule has 0 spiro atoms. The van der Waals surface area contributed by atoms with Crippen LogP contribution in [0.1, 0.15) is 45.4 Å². The maximum absolute atomic E-state index is 12.2. The molecule has 0 saturated heterocycles. The number of carbonyl (C=O) groups excluding carboxylic acids is 1. The van der Waals surface area contributed by atoms with E-state index in [-0.39, 0.29) is 18.2 Å². The molecule has 2 aliphatic rings. The van der Waals surface area contributed by atoms with Crippen LogP contribution in [0, 0.1) is 5.92 Å². The van der Waals surface area contributed by atoms with E-state index in [4.69, 9.17) is 4.74 Å². The summed E-state index contributed by atoms with van der Waals surface area (Å²) in [5.41, 5.74) is 0. The zero-order valence-electron chi connectivity index (χ0n) is 11.8. The summed E-state index contributed by atoms with van der Waals surface area (Å²) in [5, 5.41) is 3.15. The summed E-state index contributed by atoms with van der Waals surface area (Å²) in [6.45, 7) is 2.14. The number of methoxy groups -OCH3 is 1. The second kappa shape index (κ2) is 5.91. The van der Waals surface area contributed by atoms with Crippen molar-refractivity contribution in [2.45, 2.75) is 63.6 Å². The van der Waals surface area contributed by atoms with Crippen molar-refractivity contribution in [1.82, 2.24) is 10.2 Å². The van der Waals surface area contributed by atoms with E-state index in [1.54, 1.807) is 7.11 Å². The van der Waals surface area contributed by atoms with Gasteiger partial charge in [0.25, 0.3) is 0 Å². The number of hydrogen-bond acceptors (Lipinski definition) is 2. The summed E-state index contributed by atoms with van der Waals surface area (Å²) in [6.07, 6.45) is 7.21. The topological polar surface area (TPSA) is 41.6 Å². The number of nitrogens with zero attached hydrogens (tertiary/aromatic N) is 1. The third-order valence-corrected chi connectivity index (χ3v) is 4.55. The van der Waals surface area contributed by atoms with Gasteiger partial charge in [-0.3, -0.25) is 0 Å². The fraction of sp³-hybridized carbons (Fsp3) is 0.929. The largest absolute Gasteiger partial charge is 0.379 e. The van der Waals surface area contributed by atoms with Gasteiger partial charge in [-0.25, -0.2) is 4.79 Å². The molecule has 0 aromatic rings. The molecule has 0 heterocycles. The van der Waals surface area contributed by atoms with Gasteiger partial charge in [0.1, 0.15) is 0 Å². The number of nitrogens with one attached hydrogen (secondary N) is 1. The molecular weight excluding hydrogens is 228 g/mol. The molecule has 2 aliphatic carbocycles. The van der Waals surface area contributed by atoms with Gasteiger partial charge in [0, 0.05) is 20.2 Å². The second-order valence-corrected chi connectivity index (χ2v) is 5.80. The van der Waals surface area contributed by atoms with Crippen molar-refractivity contribution < 1.29 is 9.53 Å². The molecule has 3 unspecified atom stereocenters. The van der Waals surface area contributed by atoms with Gasteiger partial charge >= 0.3 is 6.03 Å². The van der Waals surface area contributed by atoms with E-state index < -0.39 is 0 Å². The first-order valence-electron chi connectivity index (χ1n) is 7.19. The first-order chi connectivity index (χ1) is 8.63. The average Bonchev–Trinajstić information content (AvgIpc) is 3.22. The molecule has 2 fully saturated rings. The first kappa shape index (κ1) is 13.7. The standard InChI is InChI=1S/C14H26N2O2/c1-10(11-8-9-11)16(2)14(17)15-12-6-4-5-7-13(12)18-3/h10-13H,4-9H2,1-3H3,(H,15,17). The Bertz CT molecular complexity index is 292. The highest BCUT2D eigenvalue weighted by molar-refractivity contribution is 5.74. The lowest BCUT2D eigenvalue weighted by Gasteiger charge is -2.34. The van der Waals surface area contributed by atoms with Gasteiger partial charge in [0.2, 0.25) is 0 Å². The van der Waals surface area contributed by atoms with Crippen LogP contribution in [0.3, 0.4) is 0 Å². The SMILES string of the molecule is COC1CCCCC1NC(=O)N(C)C(C)C1CC1. The van der Waals surface area contributed by atoms with Crippen molar-refractivity contribution in [1.29, 1.82) is 0 Å². The Morgan fingerprint density at radius 1 is 1.28 bits per heavy atom.